The summed E-state index contributed by atoms with van der Waals surface area (Å²) in [6, 6.07) is 0. The van der Waals surface area contributed by atoms with E-state index in [1.54, 1.807) is 0 Å². The summed E-state index contributed by atoms with van der Waals surface area (Å²) < 4.78 is 16.9. The molecule has 0 saturated carbocycles. The Hall–Kier alpha value is -3.67. The van der Waals surface area contributed by atoms with Gasteiger partial charge in [-0.3, -0.25) is 14.4 Å². The quantitative estimate of drug-likeness (QED) is 0.0261. The van der Waals surface area contributed by atoms with E-state index < -0.39 is 6.10 Å². The predicted octanol–water partition coefficient (Wildman–Crippen LogP) is 21.3. The molecule has 424 valence electrons. The zero-order valence-electron chi connectivity index (χ0n) is 48.6. The molecule has 0 fully saturated rings. The van der Waals surface area contributed by atoms with E-state index >= 15 is 0 Å². The molecule has 1 atom stereocenters. The largest absolute Gasteiger partial charge is 0.462 e. The molecule has 0 aliphatic rings. The Labute approximate surface area is 457 Å². The van der Waals surface area contributed by atoms with Gasteiger partial charge in [0.25, 0.3) is 0 Å². The van der Waals surface area contributed by atoms with Crippen LogP contribution >= 0.6 is 0 Å². The molecule has 0 amide bonds. The summed E-state index contributed by atoms with van der Waals surface area (Å²) >= 11 is 0. The first kappa shape index (κ1) is 70.3. The Morgan fingerprint density at radius 1 is 0.284 bits per heavy atom. The summed E-state index contributed by atoms with van der Waals surface area (Å²) in [6.07, 6.45) is 82.6. The number of unbranched alkanes of at least 4 members (excludes halogenated alkanes) is 29. The Bertz CT molecular complexity index is 1460. The van der Waals surface area contributed by atoms with Crippen LogP contribution in [0.3, 0.4) is 0 Å². The Kier molecular flexibility index (Phi) is 58.8. The third kappa shape index (κ3) is 59.2. The number of hydrogen-bond acceptors (Lipinski definition) is 6. The van der Waals surface area contributed by atoms with Gasteiger partial charge in [-0.25, -0.2) is 0 Å². The minimum absolute atomic E-state index is 0.0914. The van der Waals surface area contributed by atoms with Crippen LogP contribution in [0.5, 0.6) is 0 Å². The Morgan fingerprint density at radius 3 is 0.838 bits per heavy atom. The SMILES string of the molecule is CC/C=C\C/C=C\C/C=C\C/C=C\C/C=C\C/C=C\CCCCCCC(=O)OCC(COC(=O)CCCCCCC/C=C\C/C=C\CCCCCC)OC(=O)CCCCCCCCCCCCCCCCCCC. The van der Waals surface area contributed by atoms with E-state index in [0.717, 1.165) is 135 Å². The lowest BCUT2D eigenvalue weighted by Crippen LogP contribution is -2.30. The second kappa shape index (κ2) is 61.9. The first-order chi connectivity index (χ1) is 36.5. The Morgan fingerprint density at radius 2 is 0.527 bits per heavy atom. The van der Waals surface area contributed by atoms with Gasteiger partial charge in [-0.05, 0) is 103 Å². The van der Waals surface area contributed by atoms with Crippen LogP contribution in [0.25, 0.3) is 0 Å². The van der Waals surface area contributed by atoms with Crippen molar-refractivity contribution in [2.24, 2.45) is 0 Å². The van der Waals surface area contributed by atoms with Gasteiger partial charge in [-0.1, -0.05) is 272 Å². The molecule has 0 rings (SSSR count). The molecule has 0 N–H and O–H groups in total. The average Bonchev–Trinajstić information content (AvgIpc) is 3.40. The number of allylic oxidation sites excluding steroid dienone is 16. The fourth-order valence-corrected chi connectivity index (χ4v) is 8.65. The van der Waals surface area contributed by atoms with Crippen molar-refractivity contribution in [3.8, 4) is 0 Å². The molecule has 0 aromatic rings. The van der Waals surface area contributed by atoms with E-state index in [1.807, 2.05) is 0 Å². The molecular weight excluding hydrogens is 913 g/mol. The second-order valence-electron chi connectivity index (χ2n) is 20.6. The van der Waals surface area contributed by atoms with Gasteiger partial charge in [0.15, 0.2) is 6.10 Å². The second-order valence-corrected chi connectivity index (χ2v) is 20.6. The van der Waals surface area contributed by atoms with E-state index in [9.17, 15) is 14.4 Å². The minimum Gasteiger partial charge on any atom is -0.462 e. The molecule has 0 aliphatic carbocycles. The summed E-state index contributed by atoms with van der Waals surface area (Å²) in [7, 11) is 0. The fraction of sp³-hybridized carbons (Fsp3) is 0.721. The van der Waals surface area contributed by atoms with Crippen molar-refractivity contribution in [1.82, 2.24) is 0 Å². The highest BCUT2D eigenvalue weighted by molar-refractivity contribution is 5.71. The van der Waals surface area contributed by atoms with E-state index in [2.05, 4.69) is 118 Å². The minimum atomic E-state index is -0.795. The maximum atomic E-state index is 12.9. The van der Waals surface area contributed by atoms with E-state index in [1.165, 1.54) is 122 Å². The van der Waals surface area contributed by atoms with Crippen molar-refractivity contribution in [3.05, 3.63) is 97.2 Å². The van der Waals surface area contributed by atoms with E-state index in [4.69, 9.17) is 14.2 Å². The molecular formula is C68H116O6. The van der Waals surface area contributed by atoms with Gasteiger partial charge in [-0.2, -0.15) is 0 Å². The third-order valence-corrected chi connectivity index (χ3v) is 13.3. The molecule has 0 heterocycles. The maximum absolute atomic E-state index is 12.9. The molecule has 0 aliphatic heterocycles. The molecule has 0 saturated heterocycles. The van der Waals surface area contributed by atoms with Gasteiger partial charge in [0.2, 0.25) is 0 Å². The van der Waals surface area contributed by atoms with E-state index in [0.29, 0.717) is 19.3 Å². The molecule has 0 radical (unpaired) electrons. The lowest BCUT2D eigenvalue weighted by atomic mass is 10.0. The number of carbonyl (C=O) groups is 3. The van der Waals surface area contributed by atoms with Crippen LogP contribution in [0, 0.1) is 0 Å². The summed E-state index contributed by atoms with van der Waals surface area (Å²) in [5, 5.41) is 0. The molecule has 6 heteroatoms. The van der Waals surface area contributed by atoms with Gasteiger partial charge in [-0.15, -0.1) is 0 Å². The topological polar surface area (TPSA) is 78.9 Å². The maximum Gasteiger partial charge on any atom is 0.306 e. The number of rotatable bonds is 56. The smallest absolute Gasteiger partial charge is 0.306 e. The number of hydrogen-bond donors (Lipinski definition) is 0. The summed E-state index contributed by atoms with van der Waals surface area (Å²) in [6.45, 7) is 6.50. The lowest BCUT2D eigenvalue weighted by Gasteiger charge is -2.18. The normalized spacial score (nSPS) is 12.7. The highest BCUT2D eigenvalue weighted by atomic mass is 16.6. The number of ether oxygens (including phenoxy) is 3. The molecule has 0 bridgehead atoms. The third-order valence-electron chi connectivity index (χ3n) is 13.3. The van der Waals surface area contributed by atoms with Gasteiger partial charge in [0.1, 0.15) is 13.2 Å². The van der Waals surface area contributed by atoms with Crippen LogP contribution in [0.15, 0.2) is 97.2 Å². The van der Waals surface area contributed by atoms with Crippen LogP contribution in [-0.2, 0) is 28.6 Å². The van der Waals surface area contributed by atoms with Gasteiger partial charge in [0.05, 0.1) is 0 Å². The average molecular weight is 1030 g/mol. The summed E-state index contributed by atoms with van der Waals surface area (Å²) in [5.41, 5.74) is 0. The van der Waals surface area contributed by atoms with Crippen molar-refractivity contribution >= 4 is 17.9 Å². The standard InChI is InChI=1S/C68H116O6/c1-4-7-10-13-16-19-22-25-28-31-32-33-34-35-36-38-40-43-46-49-52-55-58-61-67(70)73-64-65(63-72-66(69)60-57-54-51-48-45-42-39-30-27-24-21-18-15-12-9-6-3)74-68(71)62-59-56-53-50-47-44-41-37-29-26-23-20-17-14-11-8-5-2/h7,10,16,19,21,24-25,28,30,32-33,35-36,39-40,43,65H,4-6,8-9,11-15,17-18,20,22-23,26-27,29,31,34,37-38,41-42,44-64H2,1-3H3/b10-7-,19-16-,24-21-,28-25-,33-32-,36-35-,39-30-,43-40-. The van der Waals surface area contributed by atoms with Gasteiger partial charge >= 0.3 is 17.9 Å². The molecule has 6 nitrogen and oxygen atoms in total. The van der Waals surface area contributed by atoms with Crippen LogP contribution in [0.1, 0.15) is 297 Å². The summed E-state index contributed by atoms with van der Waals surface area (Å²) in [5.74, 6) is -0.919. The van der Waals surface area contributed by atoms with Crippen molar-refractivity contribution in [2.75, 3.05) is 13.2 Å². The fourth-order valence-electron chi connectivity index (χ4n) is 8.65. The van der Waals surface area contributed by atoms with Crippen molar-refractivity contribution in [3.63, 3.8) is 0 Å². The molecule has 1 unspecified atom stereocenters. The highest BCUT2D eigenvalue weighted by Crippen LogP contribution is 2.16. The zero-order chi connectivity index (χ0) is 53.6. The van der Waals surface area contributed by atoms with Crippen molar-refractivity contribution < 1.29 is 28.6 Å². The molecule has 74 heavy (non-hydrogen) atoms. The highest BCUT2D eigenvalue weighted by Gasteiger charge is 2.19. The molecule has 0 spiro atoms. The van der Waals surface area contributed by atoms with Crippen LogP contribution < -0.4 is 0 Å². The molecule has 0 aromatic carbocycles. The molecule has 0 aromatic heterocycles. The Balaban J connectivity index is 4.44. The predicted molar refractivity (Wildman–Crippen MR) is 320 cm³/mol. The first-order valence-electron chi connectivity index (χ1n) is 31.2. The zero-order valence-corrected chi connectivity index (χ0v) is 48.6. The van der Waals surface area contributed by atoms with Gasteiger partial charge in [0, 0.05) is 19.3 Å². The van der Waals surface area contributed by atoms with Crippen LogP contribution in [0.2, 0.25) is 0 Å². The van der Waals surface area contributed by atoms with Crippen LogP contribution in [0.4, 0.5) is 0 Å². The van der Waals surface area contributed by atoms with E-state index in [-0.39, 0.29) is 31.1 Å². The number of carbonyl (C=O) groups excluding carboxylic acids is 3. The van der Waals surface area contributed by atoms with Crippen molar-refractivity contribution in [1.29, 1.82) is 0 Å². The lowest BCUT2D eigenvalue weighted by molar-refractivity contribution is -0.167. The first-order valence-corrected chi connectivity index (χ1v) is 31.2. The van der Waals surface area contributed by atoms with Gasteiger partial charge < -0.3 is 14.2 Å². The summed E-state index contributed by atoms with van der Waals surface area (Å²) in [4.78, 5) is 38.3. The van der Waals surface area contributed by atoms with Crippen LogP contribution in [-0.4, -0.2) is 37.2 Å². The monoisotopic (exact) mass is 1030 g/mol. The number of esters is 3. The van der Waals surface area contributed by atoms with Crippen molar-refractivity contribution in [2.45, 2.75) is 303 Å².